The molecule has 0 heterocycles. The molecule has 0 aliphatic heterocycles. The highest BCUT2D eigenvalue weighted by Crippen LogP contribution is 2.36. The van der Waals surface area contributed by atoms with Gasteiger partial charge in [-0.05, 0) is 12.8 Å². The molecule has 2 N–H and O–H groups in total. The molecule has 116 valence electrons. The minimum absolute atomic E-state index is 0.136. The molecule has 0 unspecified atom stereocenters. The first-order valence-electron chi connectivity index (χ1n) is 6.45. The summed E-state index contributed by atoms with van der Waals surface area (Å²) in [6.45, 7) is -1.50. The maximum absolute atomic E-state index is 12.1. The molecule has 1 rings (SSSR count). The Bertz CT molecular complexity index is 365. The van der Waals surface area contributed by atoms with Crippen molar-refractivity contribution >= 4 is 12.0 Å². The number of carboxylic acids is 1. The second-order valence-electron chi connectivity index (χ2n) is 5.28. The molecule has 0 bridgehead atoms. The van der Waals surface area contributed by atoms with Gasteiger partial charge in [0.15, 0.2) is 0 Å². The van der Waals surface area contributed by atoms with Crippen molar-refractivity contribution in [2.45, 2.75) is 38.3 Å². The van der Waals surface area contributed by atoms with Crippen LogP contribution in [0, 0.1) is 5.41 Å². The molecule has 0 saturated heterocycles. The van der Waals surface area contributed by atoms with Crippen LogP contribution in [0.4, 0.5) is 18.0 Å². The van der Waals surface area contributed by atoms with Gasteiger partial charge in [0.25, 0.3) is 0 Å². The number of alkyl halides is 3. The van der Waals surface area contributed by atoms with E-state index in [0.717, 1.165) is 26.3 Å². The Labute approximate surface area is 115 Å². The number of nitrogens with one attached hydrogen (secondary N) is 1. The van der Waals surface area contributed by atoms with Crippen molar-refractivity contribution in [3.63, 3.8) is 0 Å². The Morgan fingerprint density at radius 3 is 2.25 bits per heavy atom. The lowest BCUT2D eigenvalue weighted by atomic mass is 9.74. The number of halogens is 3. The van der Waals surface area contributed by atoms with Gasteiger partial charge in [-0.3, -0.25) is 4.79 Å². The van der Waals surface area contributed by atoms with E-state index in [-0.39, 0.29) is 6.54 Å². The van der Waals surface area contributed by atoms with Crippen molar-refractivity contribution in [1.29, 1.82) is 0 Å². The average Bonchev–Trinajstić information content (AvgIpc) is 2.34. The van der Waals surface area contributed by atoms with Gasteiger partial charge in [0.05, 0.1) is 5.41 Å². The Morgan fingerprint density at radius 2 is 1.80 bits per heavy atom. The Morgan fingerprint density at radius 1 is 1.25 bits per heavy atom. The van der Waals surface area contributed by atoms with Gasteiger partial charge in [-0.15, -0.1) is 0 Å². The molecule has 0 aromatic heterocycles. The van der Waals surface area contributed by atoms with Gasteiger partial charge >= 0.3 is 18.2 Å². The summed E-state index contributed by atoms with van der Waals surface area (Å²) >= 11 is 0. The number of amides is 2. The number of rotatable bonds is 4. The second kappa shape index (κ2) is 6.32. The van der Waals surface area contributed by atoms with Gasteiger partial charge in [-0.1, -0.05) is 19.3 Å². The molecule has 1 aliphatic rings. The molecule has 8 heteroatoms. The number of carbonyl (C=O) groups is 2. The SMILES string of the molecule is CN(CC(F)(F)F)C(=O)NCC1(C(=O)O)CCCCC1. The van der Waals surface area contributed by atoms with E-state index in [1.54, 1.807) is 0 Å². The highest BCUT2D eigenvalue weighted by Gasteiger charge is 2.40. The predicted molar refractivity (Wildman–Crippen MR) is 65.2 cm³/mol. The lowest BCUT2D eigenvalue weighted by Gasteiger charge is -2.33. The number of aliphatic carboxylic acids is 1. The molecule has 1 aliphatic carbocycles. The van der Waals surface area contributed by atoms with E-state index in [9.17, 15) is 27.9 Å². The second-order valence-corrected chi connectivity index (χ2v) is 5.28. The van der Waals surface area contributed by atoms with Crippen molar-refractivity contribution < 1.29 is 27.9 Å². The summed E-state index contributed by atoms with van der Waals surface area (Å²) < 4.78 is 36.4. The van der Waals surface area contributed by atoms with Gasteiger partial charge < -0.3 is 15.3 Å². The van der Waals surface area contributed by atoms with Gasteiger partial charge in [0.1, 0.15) is 6.54 Å². The molecule has 20 heavy (non-hydrogen) atoms. The topological polar surface area (TPSA) is 69.6 Å². The molecule has 0 aromatic rings. The zero-order valence-corrected chi connectivity index (χ0v) is 11.3. The van der Waals surface area contributed by atoms with Crippen molar-refractivity contribution in [2.24, 2.45) is 5.41 Å². The maximum atomic E-state index is 12.1. The summed E-state index contributed by atoms with van der Waals surface area (Å²) in [7, 11) is 1.02. The molecule has 0 spiro atoms. The van der Waals surface area contributed by atoms with Crippen LogP contribution in [0.1, 0.15) is 32.1 Å². The number of carbonyl (C=O) groups excluding carboxylic acids is 1. The van der Waals surface area contributed by atoms with Gasteiger partial charge in [0, 0.05) is 13.6 Å². The Hall–Kier alpha value is -1.47. The van der Waals surface area contributed by atoms with E-state index in [1.807, 2.05) is 0 Å². The number of carboxylic acid groups (broad SMARTS) is 1. The Balaban J connectivity index is 2.55. The number of hydrogen-bond acceptors (Lipinski definition) is 2. The summed E-state index contributed by atoms with van der Waals surface area (Å²) in [6, 6.07) is -0.909. The normalized spacial score (nSPS) is 18.4. The predicted octanol–water partition coefficient (Wildman–Crippen LogP) is 2.23. The molecule has 1 saturated carbocycles. The monoisotopic (exact) mass is 296 g/mol. The first-order valence-corrected chi connectivity index (χ1v) is 6.45. The third-order valence-electron chi connectivity index (χ3n) is 3.61. The summed E-state index contributed by atoms with van der Waals surface area (Å²) in [5, 5.41) is 11.6. The highest BCUT2D eigenvalue weighted by atomic mass is 19.4. The average molecular weight is 296 g/mol. The zero-order chi connectivity index (χ0) is 15.4. The standard InChI is InChI=1S/C12H19F3N2O3/c1-17(8-12(13,14)15)10(20)16-7-11(9(18)19)5-3-2-4-6-11/h2-8H2,1H3,(H,16,20)(H,18,19). The smallest absolute Gasteiger partial charge is 0.406 e. The lowest BCUT2D eigenvalue weighted by molar-refractivity contribution is -0.151. The quantitative estimate of drug-likeness (QED) is 0.835. The number of hydrogen-bond donors (Lipinski definition) is 2. The largest absolute Gasteiger partial charge is 0.481 e. The minimum Gasteiger partial charge on any atom is -0.481 e. The molecule has 1 fully saturated rings. The minimum atomic E-state index is -4.47. The van der Waals surface area contributed by atoms with Crippen LogP contribution in [0.25, 0.3) is 0 Å². The van der Waals surface area contributed by atoms with E-state index in [1.165, 1.54) is 0 Å². The number of nitrogens with zero attached hydrogens (tertiary/aromatic N) is 1. The van der Waals surface area contributed by atoms with Crippen LogP contribution in [0.2, 0.25) is 0 Å². The Kier molecular flexibility index (Phi) is 5.24. The molecule has 0 aromatic carbocycles. The fourth-order valence-corrected chi connectivity index (χ4v) is 2.42. The van der Waals surface area contributed by atoms with Gasteiger partial charge in [-0.25, -0.2) is 4.79 Å². The third kappa shape index (κ3) is 4.57. The van der Waals surface area contributed by atoms with Crippen LogP contribution >= 0.6 is 0 Å². The maximum Gasteiger partial charge on any atom is 0.406 e. The van der Waals surface area contributed by atoms with E-state index in [4.69, 9.17) is 0 Å². The van der Waals surface area contributed by atoms with Gasteiger partial charge in [-0.2, -0.15) is 13.2 Å². The van der Waals surface area contributed by atoms with Crippen molar-refractivity contribution in [3.05, 3.63) is 0 Å². The molecule has 2 amide bonds. The summed E-state index contributed by atoms with van der Waals surface area (Å²) in [5.74, 6) is -1.00. The molecular weight excluding hydrogens is 277 g/mol. The first kappa shape index (κ1) is 16.6. The summed E-state index contributed by atoms with van der Waals surface area (Å²) in [4.78, 5) is 23.4. The van der Waals surface area contributed by atoms with E-state index in [2.05, 4.69) is 5.32 Å². The fourth-order valence-electron chi connectivity index (χ4n) is 2.42. The molecule has 5 nitrogen and oxygen atoms in total. The third-order valence-corrected chi connectivity index (χ3v) is 3.61. The van der Waals surface area contributed by atoms with E-state index < -0.39 is 30.1 Å². The highest BCUT2D eigenvalue weighted by molar-refractivity contribution is 5.78. The van der Waals surface area contributed by atoms with Crippen molar-refractivity contribution in [2.75, 3.05) is 20.1 Å². The van der Waals surface area contributed by atoms with Crippen LogP contribution in [-0.2, 0) is 4.79 Å². The van der Waals surface area contributed by atoms with E-state index >= 15 is 0 Å². The summed E-state index contributed by atoms with van der Waals surface area (Å²) in [6.07, 6.45) is -1.16. The number of urea groups is 1. The van der Waals surface area contributed by atoms with Crippen molar-refractivity contribution in [1.82, 2.24) is 10.2 Å². The van der Waals surface area contributed by atoms with E-state index in [0.29, 0.717) is 17.7 Å². The lowest BCUT2D eigenvalue weighted by Crippen LogP contribution is -2.49. The zero-order valence-electron chi connectivity index (χ0n) is 11.3. The van der Waals surface area contributed by atoms with Crippen LogP contribution in [0.3, 0.4) is 0 Å². The first-order chi connectivity index (χ1) is 9.16. The fraction of sp³-hybridized carbons (Fsp3) is 0.833. The van der Waals surface area contributed by atoms with Crippen LogP contribution in [-0.4, -0.2) is 48.3 Å². The van der Waals surface area contributed by atoms with Crippen LogP contribution < -0.4 is 5.32 Å². The molecular formula is C12H19F3N2O3. The van der Waals surface area contributed by atoms with Crippen molar-refractivity contribution in [3.8, 4) is 0 Å². The summed E-state index contributed by atoms with van der Waals surface area (Å²) in [5.41, 5.74) is -1.05. The molecule has 0 radical (unpaired) electrons. The van der Waals surface area contributed by atoms with Gasteiger partial charge in [0.2, 0.25) is 0 Å². The molecule has 0 atom stereocenters. The van der Waals surface area contributed by atoms with Crippen LogP contribution in [0.5, 0.6) is 0 Å². The van der Waals surface area contributed by atoms with Crippen LogP contribution in [0.15, 0.2) is 0 Å².